The minimum absolute atomic E-state index is 0.0275. The smallest absolute Gasteiger partial charge is 0.266 e. The molecule has 0 aromatic heterocycles. The lowest BCUT2D eigenvalue weighted by Crippen LogP contribution is -2.53. The van der Waals surface area contributed by atoms with E-state index in [0.717, 1.165) is 11.1 Å². The number of hydrogen-bond donors (Lipinski definition) is 3. The molecule has 1 amide bonds. The summed E-state index contributed by atoms with van der Waals surface area (Å²) in [5, 5.41) is 12.8. The standard InChI is InChI=1S/C35H35FN6O5/c1-45-30-12-6-11-25(20-30)32-35(21-26-8-2-3-9-27(26)22-39-42-37,34(44)41-38-23-28-10-4-5-13-31(28)36)40-33(47-32)24-14-16-29(17-15-24)46-19-7-18-43/h2-6,8-17,20,32,38,43H,7,18-19,21-23H2,1H3,(H,41,44)/t32-,35-/m0/s1. The first-order chi connectivity index (χ1) is 23.0. The first-order valence-corrected chi connectivity index (χ1v) is 15.1. The van der Waals surface area contributed by atoms with Crippen LogP contribution < -0.4 is 20.3 Å². The average Bonchev–Trinajstić information content (AvgIpc) is 3.49. The van der Waals surface area contributed by atoms with E-state index in [1.54, 1.807) is 61.7 Å². The third-order valence-corrected chi connectivity index (χ3v) is 7.75. The zero-order chi connectivity index (χ0) is 33.1. The number of benzene rings is 4. The number of aliphatic hydroxyl groups is 1. The van der Waals surface area contributed by atoms with Crippen molar-refractivity contribution in [2.75, 3.05) is 20.3 Å². The van der Waals surface area contributed by atoms with Crippen LogP contribution in [0.1, 0.15) is 40.3 Å². The lowest BCUT2D eigenvalue weighted by atomic mass is 9.81. The Balaban J connectivity index is 1.58. The van der Waals surface area contributed by atoms with Crippen LogP contribution in [0.4, 0.5) is 4.39 Å². The Morgan fingerprint density at radius 2 is 1.77 bits per heavy atom. The van der Waals surface area contributed by atoms with Gasteiger partial charge in [0.15, 0.2) is 11.6 Å². The predicted molar refractivity (Wildman–Crippen MR) is 174 cm³/mol. The van der Waals surface area contributed by atoms with E-state index in [4.69, 9.17) is 29.8 Å². The van der Waals surface area contributed by atoms with Gasteiger partial charge in [-0.15, -0.1) is 0 Å². The number of carbonyl (C=O) groups excluding carboxylic acids is 1. The molecular formula is C35H35FN6O5. The molecule has 4 aromatic rings. The van der Waals surface area contributed by atoms with Crippen LogP contribution in [0.15, 0.2) is 107 Å². The highest BCUT2D eigenvalue weighted by atomic mass is 19.1. The van der Waals surface area contributed by atoms with Crippen molar-refractivity contribution < 1.29 is 28.5 Å². The lowest BCUT2D eigenvalue weighted by molar-refractivity contribution is -0.130. The third-order valence-electron chi connectivity index (χ3n) is 7.75. The van der Waals surface area contributed by atoms with Gasteiger partial charge in [-0.25, -0.2) is 14.8 Å². The first-order valence-electron chi connectivity index (χ1n) is 15.1. The van der Waals surface area contributed by atoms with Crippen LogP contribution in [0, 0.1) is 5.82 Å². The number of aliphatic hydroxyl groups excluding tert-OH is 1. The number of methoxy groups -OCH3 is 1. The highest BCUT2D eigenvalue weighted by Crippen LogP contribution is 2.43. The number of hydrazine groups is 1. The van der Waals surface area contributed by atoms with Crippen molar-refractivity contribution in [2.24, 2.45) is 10.1 Å². The topological polar surface area (TPSA) is 150 Å². The summed E-state index contributed by atoms with van der Waals surface area (Å²) in [6.07, 6.45) is -0.343. The minimum atomic E-state index is -1.58. The molecule has 3 N–H and O–H groups in total. The fraction of sp³-hybridized carbons (Fsp3) is 0.257. The van der Waals surface area contributed by atoms with Crippen LogP contribution in [-0.2, 0) is 29.0 Å². The molecule has 1 aliphatic heterocycles. The maximum atomic E-state index is 14.5. The molecule has 11 nitrogen and oxygen atoms in total. The molecule has 0 fully saturated rings. The van der Waals surface area contributed by atoms with Crippen molar-refractivity contribution in [1.29, 1.82) is 0 Å². The van der Waals surface area contributed by atoms with E-state index in [9.17, 15) is 9.18 Å². The van der Waals surface area contributed by atoms with Gasteiger partial charge in [0.25, 0.3) is 5.91 Å². The SMILES string of the molecule is COc1cccc([C@@H]2OC(c3ccc(OCCCO)cc3)=N[C@]2(Cc2ccccc2CN=[N+]=[N-])C(=O)NNCc2ccccc2F)c1. The van der Waals surface area contributed by atoms with Crippen LogP contribution in [0.25, 0.3) is 10.4 Å². The molecule has 0 spiro atoms. The molecule has 5 rings (SSSR count). The molecule has 1 aliphatic rings. The summed E-state index contributed by atoms with van der Waals surface area (Å²) in [6, 6.07) is 28.0. The summed E-state index contributed by atoms with van der Waals surface area (Å²) >= 11 is 0. The van der Waals surface area contributed by atoms with Gasteiger partial charge in [0.05, 0.1) is 20.3 Å². The minimum Gasteiger partial charge on any atom is -0.497 e. The van der Waals surface area contributed by atoms with Gasteiger partial charge in [0.2, 0.25) is 5.90 Å². The summed E-state index contributed by atoms with van der Waals surface area (Å²) in [7, 11) is 1.55. The number of rotatable bonds is 15. The fourth-order valence-electron chi connectivity index (χ4n) is 5.34. The Morgan fingerprint density at radius 1 is 1.02 bits per heavy atom. The quantitative estimate of drug-likeness (QED) is 0.0498. The van der Waals surface area contributed by atoms with Gasteiger partial charge in [-0.05, 0) is 64.7 Å². The van der Waals surface area contributed by atoms with E-state index in [1.165, 1.54) is 6.07 Å². The van der Waals surface area contributed by atoms with Gasteiger partial charge in [0, 0.05) is 42.0 Å². The highest BCUT2D eigenvalue weighted by Gasteiger charge is 2.53. The molecule has 0 aliphatic carbocycles. The molecule has 47 heavy (non-hydrogen) atoms. The molecular weight excluding hydrogens is 603 g/mol. The van der Waals surface area contributed by atoms with E-state index >= 15 is 0 Å². The van der Waals surface area contributed by atoms with E-state index < -0.39 is 23.4 Å². The summed E-state index contributed by atoms with van der Waals surface area (Å²) < 4.78 is 32.1. The Labute approximate surface area is 271 Å². The summed E-state index contributed by atoms with van der Waals surface area (Å²) in [6.45, 7) is 0.499. The van der Waals surface area contributed by atoms with Gasteiger partial charge < -0.3 is 19.3 Å². The maximum Gasteiger partial charge on any atom is 0.266 e. The zero-order valence-corrected chi connectivity index (χ0v) is 25.8. The molecule has 12 heteroatoms. The zero-order valence-electron chi connectivity index (χ0n) is 25.8. The molecule has 242 valence electrons. The van der Waals surface area contributed by atoms with Crippen LogP contribution in [-0.4, -0.2) is 42.8 Å². The highest BCUT2D eigenvalue weighted by molar-refractivity contribution is 6.01. The van der Waals surface area contributed by atoms with Crippen molar-refractivity contribution in [3.8, 4) is 11.5 Å². The molecule has 0 bridgehead atoms. The first kappa shape index (κ1) is 33.0. The van der Waals surface area contributed by atoms with E-state index in [2.05, 4.69) is 20.9 Å². The normalized spacial score (nSPS) is 16.8. The van der Waals surface area contributed by atoms with Crippen LogP contribution >= 0.6 is 0 Å². The van der Waals surface area contributed by atoms with E-state index in [1.807, 2.05) is 36.4 Å². The molecule has 4 aromatic carbocycles. The summed E-state index contributed by atoms with van der Waals surface area (Å²) in [5.74, 6) is 0.493. The van der Waals surface area contributed by atoms with Gasteiger partial charge in [-0.3, -0.25) is 10.2 Å². The molecule has 0 saturated carbocycles. The second-order valence-electron chi connectivity index (χ2n) is 10.8. The molecule has 0 saturated heterocycles. The summed E-state index contributed by atoms with van der Waals surface area (Å²) in [4.78, 5) is 22.4. The number of hydrogen-bond acceptors (Lipinski definition) is 8. The van der Waals surface area contributed by atoms with Crippen molar-refractivity contribution >= 4 is 11.8 Å². The van der Waals surface area contributed by atoms with Gasteiger partial charge in [-0.1, -0.05) is 59.7 Å². The van der Waals surface area contributed by atoms with Crippen LogP contribution in [0.5, 0.6) is 11.5 Å². The van der Waals surface area contributed by atoms with Crippen molar-refractivity contribution in [2.45, 2.75) is 37.6 Å². The molecule has 0 radical (unpaired) electrons. The number of azide groups is 1. The van der Waals surface area contributed by atoms with Gasteiger partial charge >= 0.3 is 0 Å². The second kappa shape index (κ2) is 15.7. The number of amides is 1. The Hall–Kier alpha value is -5.42. The predicted octanol–water partition coefficient (Wildman–Crippen LogP) is 5.73. The fourth-order valence-corrected chi connectivity index (χ4v) is 5.34. The Morgan fingerprint density at radius 3 is 2.49 bits per heavy atom. The lowest BCUT2D eigenvalue weighted by Gasteiger charge is -2.31. The van der Waals surface area contributed by atoms with E-state index in [0.29, 0.717) is 41.2 Å². The van der Waals surface area contributed by atoms with Crippen molar-refractivity contribution in [1.82, 2.24) is 10.9 Å². The van der Waals surface area contributed by atoms with Crippen LogP contribution in [0.3, 0.4) is 0 Å². The number of halogens is 1. The van der Waals surface area contributed by atoms with Crippen molar-refractivity contribution in [3.63, 3.8) is 0 Å². The van der Waals surface area contributed by atoms with Gasteiger partial charge in [-0.2, -0.15) is 0 Å². The Kier molecular flexibility index (Phi) is 11.0. The van der Waals surface area contributed by atoms with Gasteiger partial charge in [0.1, 0.15) is 17.3 Å². The average molecular weight is 639 g/mol. The Bertz CT molecular complexity index is 1760. The molecule has 1 heterocycles. The molecule has 2 atom stereocenters. The maximum absolute atomic E-state index is 14.5. The third kappa shape index (κ3) is 7.87. The number of ether oxygens (including phenoxy) is 3. The number of aliphatic imine (C=N–C) groups is 1. The van der Waals surface area contributed by atoms with Crippen molar-refractivity contribution in [3.05, 3.63) is 141 Å². The van der Waals surface area contributed by atoms with Crippen LogP contribution in [0.2, 0.25) is 0 Å². The largest absolute Gasteiger partial charge is 0.497 e. The number of nitrogens with one attached hydrogen (secondary N) is 2. The summed E-state index contributed by atoms with van der Waals surface area (Å²) in [5.41, 5.74) is 16.2. The second-order valence-corrected chi connectivity index (χ2v) is 10.8. The monoisotopic (exact) mass is 638 g/mol. The van der Waals surface area contributed by atoms with E-state index in [-0.39, 0.29) is 32.0 Å². The number of nitrogens with zero attached hydrogens (tertiary/aromatic N) is 4. The molecule has 0 unspecified atom stereocenters. The number of carbonyl (C=O) groups is 1.